The molecule has 0 saturated carbocycles. The van der Waals surface area contributed by atoms with Crippen LogP contribution in [0.15, 0.2) is 21.3 Å². The maximum atomic E-state index is 11.3. The van der Waals surface area contributed by atoms with E-state index in [1.54, 1.807) is 6.92 Å². The fraction of sp³-hybridized carbons (Fsp3) is 0.182. The highest BCUT2D eigenvalue weighted by Crippen LogP contribution is 2.32. The molecule has 1 aromatic heterocycles. The average Bonchev–Trinajstić information content (AvgIpc) is 2.20. The summed E-state index contributed by atoms with van der Waals surface area (Å²) in [6.07, 6.45) is 0. The summed E-state index contributed by atoms with van der Waals surface area (Å²) in [7, 11) is 0. The van der Waals surface area contributed by atoms with E-state index in [9.17, 15) is 9.90 Å². The fourth-order valence-electron chi connectivity index (χ4n) is 1.59. The van der Waals surface area contributed by atoms with E-state index in [2.05, 4.69) is 0 Å². The van der Waals surface area contributed by atoms with Crippen molar-refractivity contribution in [3.8, 4) is 5.75 Å². The molecule has 0 aliphatic rings. The molecule has 1 heterocycles. The highest BCUT2D eigenvalue weighted by molar-refractivity contribution is 5.92. The molecule has 1 aromatic carbocycles. The van der Waals surface area contributed by atoms with Gasteiger partial charge in [0.1, 0.15) is 5.58 Å². The largest absolute Gasteiger partial charge is 0.505 e. The highest BCUT2D eigenvalue weighted by Gasteiger charge is 2.13. The van der Waals surface area contributed by atoms with Gasteiger partial charge in [0.15, 0.2) is 11.4 Å². The van der Waals surface area contributed by atoms with Crippen molar-refractivity contribution >= 4 is 16.7 Å². The number of nitrogens with two attached hydrogens (primary N) is 1. The summed E-state index contributed by atoms with van der Waals surface area (Å²) in [5.41, 5.74) is 6.48. The van der Waals surface area contributed by atoms with Crippen LogP contribution >= 0.6 is 0 Å². The van der Waals surface area contributed by atoms with Crippen LogP contribution in [0.3, 0.4) is 0 Å². The predicted molar refractivity (Wildman–Crippen MR) is 58.0 cm³/mol. The van der Waals surface area contributed by atoms with Crippen LogP contribution in [0.4, 0.5) is 5.69 Å². The highest BCUT2D eigenvalue weighted by atomic mass is 16.4. The van der Waals surface area contributed by atoms with Gasteiger partial charge in [0.05, 0.1) is 5.39 Å². The average molecular weight is 205 g/mol. The zero-order chi connectivity index (χ0) is 11.2. The first kappa shape index (κ1) is 9.58. The summed E-state index contributed by atoms with van der Waals surface area (Å²) in [5, 5.41) is 10.3. The van der Waals surface area contributed by atoms with Crippen LogP contribution < -0.4 is 11.4 Å². The second kappa shape index (κ2) is 3.02. The number of aromatic hydroxyl groups is 1. The zero-order valence-electron chi connectivity index (χ0n) is 8.50. The Labute approximate surface area is 85.9 Å². The summed E-state index contributed by atoms with van der Waals surface area (Å²) in [6, 6.07) is 3.67. The van der Waals surface area contributed by atoms with Crippen molar-refractivity contribution in [1.29, 1.82) is 0 Å². The third-order valence-corrected chi connectivity index (χ3v) is 2.47. The monoisotopic (exact) mass is 205 g/mol. The van der Waals surface area contributed by atoms with Crippen molar-refractivity contribution in [2.45, 2.75) is 13.8 Å². The van der Waals surface area contributed by atoms with E-state index in [1.165, 1.54) is 0 Å². The smallest absolute Gasteiger partial charge is 0.363 e. The molecule has 0 saturated heterocycles. The molecular weight excluding hydrogens is 194 g/mol. The van der Waals surface area contributed by atoms with Crippen LogP contribution in [0, 0.1) is 13.8 Å². The molecule has 2 aromatic rings. The van der Waals surface area contributed by atoms with Crippen molar-refractivity contribution in [3.63, 3.8) is 0 Å². The van der Waals surface area contributed by atoms with E-state index in [0.717, 1.165) is 11.1 Å². The number of anilines is 1. The number of fused-ring (bicyclic) bond motifs is 1. The molecule has 0 spiro atoms. The van der Waals surface area contributed by atoms with Gasteiger partial charge in [-0.3, -0.25) is 0 Å². The van der Waals surface area contributed by atoms with E-state index in [-0.39, 0.29) is 11.4 Å². The molecule has 0 amide bonds. The Hall–Kier alpha value is -1.97. The first-order chi connectivity index (χ1) is 7.02. The molecule has 3 N–H and O–H groups in total. The summed E-state index contributed by atoms with van der Waals surface area (Å²) in [4.78, 5) is 11.3. The van der Waals surface area contributed by atoms with Gasteiger partial charge in [0, 0.05) is 0 Å². The maximum Gasteiger partial charge on any atom is 0.363 e. The number of hydrogen-bond donors (Lipinski definition) is 2. The maximum absolute atomic E-state index is 11.3. The fourth-order valence-corrected chi connectivity index (χ4v) is 1.59. The Morgan fingerprint density at radius 2 is 1.87 bits per heavy atom. The second-order valence-electron chi connectivity index (χ2n) is 3.56. The van der Waals surface area contributed by atoms with Crippen LogP contribution in [0.5, 0.6) is 5.75 Å². The minimum absolute atomic E-state index is 0.192. The van der Waals surface area contributed by atoms with Gasteiger partial charge in [-0.25, -0.2) is 4.79 Å². The van der Waals surface area contributed by atoms with E-state index in [0.29, 0.717) is 11.0 Å². The number of hydrogen-bond acceptors (Lipinski definition) is 4. The Bertz CT molecular complexity index is 599. The lowest BCUT2D eigenvalue weighted by Crippen LogP contribution is -2.07. The third kappa shape index (κ3) is 1.26. The van der Waals surface area contributed by atoms with Gasteiger partial charge in [-0.2, -0.15) is 0 Å². The van der Waals surface area contributed by atoms with Crippen molar-refractivity contribution in [2.24, 2.45) is 0 Å². The lowest BCUT2D eigenvalue weighted by Gasteiger charge is -2.07. The Kier molecular flexibility index (Phi) is 1.93. The van der Waals surface area contributed by atoms with Crippen molar-refractivity contribution < 1.29 is 9.52 Å². The minimum Gasteiger partial charge on any atom is -0.505 e. The normalized spacial score (nSPS) is 10.8. The summed E-state index contributed by atoms with van der Waals surface area (Å²) < 4.78 is 5.04. The SMILES string of the molecule is Cc1ccc(C)c2c(O)c(N)c(=O)oc12. The molecule has 0 atom stereocenters. The Morgan fingerprint density at radius 3 is 2.53 bits per heavy atom. The Morgan fingerprint density at radius 1 is 1.27 bits per heavy atom. The molecule has 78 valence electrons. The topological polar surface area (TPSA) is 76.5 Å². The molecule has 0 unspecified atom stereocenters. The molecule has 0 bridgehead atoms. The number of rotatable bonds is 0. The van der Waals surface area contributed by atoms with Crippen LogP contribution in [-0.2, 0) is 0 Å². The van der Waals surface area contributed by atoms with Crippen molar-refractivity contribution in [3.05, 3.63) is 33.7 Å². The first-order valence-electron chi connectivity index (χ1n) is 4.54. The number of nitrogen functional groups attached to an aromatic ring is 1. The van der Waals surface area contributed by atoms with Crippen LogP contribution in [0.2, 0.25) is 0 Å². The van der Waals surface area contributed by atoms with Crippen molar-refractivity contribution in [1.82, 2.24) is 0 Å². The quantitative estimate of drug-likeness (QED) is 0.642. The molecule has 4 nitrogen and oxygen atoms in total. The molecular formula is C11H11NO3. The lowest BCUT2D eigenvalue weighted by molar-refractivity contribution is 0.471. The number of benzene rings is 1. The van der Waals surface area contributed by atoms with E-state index in [4.69, 9.17) is 10.2 Å². The molecule has 0 radical (unpaired) electrons. The predicted octanol–water partition coefficient (Wildman–Crippen LogP) is 1.70. The summed E-state index contributed by atoms with van der Waals surface area (Å²) in [5.74, 6) is -0.192. The van der Waals surface area contributed by atoms with Crippen molar-refractivity contribution in [2.75, 3.05) is 5.73 Å². The summed E-state index contributed by atoms with van der Waals surface area (Å²) >= 11 is 0. The Balaban J connectivity index is 3.11. The molecule has 0 aliphatic heterocycles. The number of aryl methyl sites for hydroxylation is 2. The summed E-state index contributed by atoms with van der Waals surface area (Å²) in [6.45, 7) is 3.63. The standard InChI is InChI=1S/C11H11NO3/c1-5-3-4-6(2)10-7(5)9(13)8(12)11(14)15-10/h3-4,13H,12H2,1-2H3. The minimum atomic E-state index is -0.700. The molecule has 4 heteroatoms. The van der Waals surface area contributed by atoms with E-state index in [1.807, 2.05) is 19.1 Å². The van der Waals surface area contributed by atoms with Gasteiger partial charge in [-0.1, -0.05) is 12.1 Å². The van der Waals surface area contributed by atoms with Gasteiger partial charge in [-0.15, -0.1) is 0 Å². The molecule has 2 rings (SSSR count). The third-order valence-electron chi connectivity index (χ3n) is 2.47. The van der Waals surface area contributed by atoms with Gasteiger partial charge < -0.3 is 15.3 Å². The molecule has 15 heavy (non-hydrogen) atoms. The van der Waals surface area contributed by atoms with Crippen LogP contribution in [0.1, 0.15) is 11.1 Å². The van der Waals surface area contributed by atoms with E-state index >= 15 is 0 Å². The van der Waals surface area contributed by atoms with E-state index < -0.39 is 5.63 Å². The van der Waals surface area contributed by atoms with Gasteiger partial charge in [0.25, 0.3) is 0 Å². The molecule has 0 fully saturated rings. The molecule has 0 aliphatic carbocycles. The van der Waals surface area contributed by atoms with Crippen LogP contribution in [0.25, 0.3) is 11.0 Å². The van der Waals surface area contributed by atoms with Gasteiger partial charge in [-0.05, 0) is 25.0 Å². The second-order valence-corrected chi connectivity index (χ2v) is 3.56. The van der Waals surface area contributed by atoms with Crippen LogP contribution in [-0.4, -0.2) is 5.11 Å². The van der Waals surface area contributed by atoms with Gasteiger partial charge in [0.2, 0.25) is 0 Å². The lowest BCUT2D eigenvalue weighted by atomic mass is 10.1. The zero-order valence-corrected chi connectivity index (χ0v) is 8.50. The first-order valence-corrected chi connectivity index (χ1v) is 4.54. The van der Waals surface area contributed by atoms with Gasteiger partial charge >= 0.3 is 5.63 Å².